The zero-order chi connectivity index (χ0) is 9.80. The van der Waals surface area contributed by atoms with E-state index in [4.69, 9.17) is 0 Å². The van der Waals surface area contributed by atoms with Gasteiger partial charge < -0.3 is 0 Å². The molecule has 0 amide bonds. The Hall–Kier alpha value is -1.29. The Kier molecular flexibility index (Phi) is 2.84. The van der Waals surface area contributed by atoms with Gasteiger partial charge in [0, 0.05) is 23.9 Å². The van der Waals surface area contributed by atoms with Gasteiger partial charge in [0.05, 0.1) is 0 Å². The highest BCUT2D eigenvalue weighted by atomic mass is 79.9. The fourth-order valence-corrected chi connectivity index (χ4v) is 1.34. The molecule has 0 radical (unpaired) electrons. The maximum absolute atomic E-state index is 4.22. The van der Waals surface area contributed by atoms with E-state index in [1.54, 1.807) is 18.6 Å². The van der Waals surface area contributed by atoms with Gasteiger partial charge >= 0.3 is 0 Å². The van der Waals surface area contributed by atoms with Crippen LogP contribution in [0.25, 0.3) is 11.5 Å². The van der Waals surface area contributed by atoms with E-state index in [2.05, 4.69) is 30.9 Å². The maximum Gasteiger partial charge on any atom is 0.178 e. The first-order chi connectivity index (χ1) is 6.90. The minimum absolute atomic E-state index is 0.662. The lowest BCUT2D eigenvalue weighted by Gasteiger charge is -1.98. The summed E-state index contributed by atoms with van der Waals surface area (Å²) >= 11 is 3.34. The van der Waals surface area contributed by atoms with Gasteiger partial charge in [0.1, 0.15) is 5.69 Å². The zero-order valence-electron chi connectivity index (χ0n) is 7.39. The topological polar surface area (TPSA) is 38.7 Å². The van der Waals surface area contributed by atoms with E-state index in [9.17, 15) is 0 Å². The van der Waals surface area contributed by atoms with Crippen LogP contribution in [0.4, 0.5) is 0 Å². The fourth-order valence-electron chi connectivity index (χ4n) is 1.05. The Bertz CT molecular complexity index is 399. The minimum Gasteiger partial charge on any atom is -0.253 e. The lowest BCUT2D eigenvalue weighted by atomic mass is 10.3. The van der Waals surface area contributed by atoms with Crippen LogP contribution < -0.4 is 0 Å². The van der Waals surface area contributed by atoms with Gasteiger partial charge in [0.15, 0.2) is 5.82 Å². The van der Waals surface area contributed by atoms with Crippen LogP contribution in [-0.2, 0) is 5.33 Å². The van der Waals surface area contributed by atoms with Crippen molar-refractivity contribution in [3.63, 3.8) is 0 Å². The molecule has 2 aromatic heterocycles. The summed E-state index contributed by atoms with van der Waals surface area (Å²) in [7, 11) is 0. The number of pyridine rings is 1. The third kappa shape index (κ3) is 1.96. The molecule has 2 heterocycles. The third-order valence-electron chi connectivity index (χ3n) is 1.75. The van der Waals surface area contributed by atoms with Gasteiger partial charge in [-0.15, -0.1) is 0 Å². The van der Waals surface area contributed by atoms with Crippen molar-refractivity contribution in [1.29, 1.82) is 0 Å². The van der Waals surface area contributed by atoms with Gasteiger partial charge in [-0.3, -0.25) is 4.98 Å². The number of halogens is 1. The van der Waals surface area contributed by atoms with Gasteiger partial charge in [-0.2, -0.15) is 0 Å². The summed E-state index contributed by atoms with van der Waals surface area (Å²) in [4.78, 5) is 12.6. The normalized spacial score (nSPS) is 10.1. The molecule has 0 saturated heterocycles. The first-order valence-electron chi connectivity index (χ1n) is 4.18. The average molecular weight is 250 g/mol. The number of alkyl halides is 1. The lowest BCUT2D eigenvalue weighted by molar-refractivity contribution is 1.11. The Morgan fingerprint density at radius 3 is 2.43 bits per heavy atom. The van der Waals surface area contributed by atoms with E-state index < -0.39 is 0 Å². The molecule has 2 rings (SSSR count). The van der Waals surface area contributed by atoms with Crippen molar-refractivity contribution in [2.24, 2.45) is 0 Å². The Labute approximate surface area is 90.4 Å². The SMILES string of the molecule is BrCc1cnc(-c2ccccn2)nc1. The van der Waals surface area contributed by atoms with Crippen LogP contribution in [0.5, 0.6) is 0 Å². The van der Waals surface area contributed by atoms with Crippen molar-refractivity contribution in [3.8, 4) is 11.5 Å². The van der Waals surface area contributed by atoms with E-state index in [1.165, 1.54) is 0 Å². The van der Waals surface area contributed by atoms with Gasteiger partial charge in [-0.05, 0) is 17.7 Å². The molecule has 0 spiro atoms. The van der Waals surface area contributed by atoms with Crippen molar-refractivity contribution >= 4 is 15.9 Å². The lowest BCUT2D eigenvalue weighted by Crippen LogP contribution is -1.91. The average Bonchev–Trinajstić information content (AvgIpc) is 2.30. The predicted molar refractivity (Wildman–Crippen MR) is 57.9 cm³/mol. The van der Waals surface area contributed by atoms with E-state index in [-0.39, 0.29) is 0 Å². The van der Waals surface area contributed by atoms with Crippen molar-refractivity contribution in [2.75, 3.05) is 0 Å². The van der Waals surface area contributed by atoms with E-state index >= 15 is 0 Å². The van der Waals surface area contributed by atoms with Crippen LogP contribution in [0.3, 0.4) is 0 Å². The van der Waals surface area contributed by atoms with E-state index in [0.29, 0.717) is 5.82 Å². The maximum atomic E-state index is 4.22. The number of nitrogens with zero attached hydrogens (tertiary/aromatic N) is 3. The molecule has 3 nitrogen and oxygen atoms in total. The summed E-state index contributed by atoms with van der Waals surface area (Å²) in [6.45, 7) is 0. The second kappa shape index (κ2) is 4.28. The summed E-state index contributed by atoms with van der Waals surface area (Å²) < 4.78 is 0. The fraction of sp³-hybridized carbons (Fsp3) is 0.100. The molecule has 0 atom stereocenters. The molecule has 0 bridgehead atoms. The van der Waals surface area contributed by atoms with Gasteiger partial charge in [-0.1, -0.05) is 22.0 Å². The molecule has 70 valence electrons. The van der Waals surface area contributed by atoms with Crippen LogP contribution in [0, 0.1) is 0 Å². The summed E-state index contributed by atoms with van der Waals surface area (Å²) in [5.74, 6) is 0.662. The van der Waals surface area contributed by atoms with E-state index in [1.807, 2.05) is 18.2 Å². The summed E-state index contributed by atoms with van der Waals surface area (Å²) in [6.07, 6.45) is 5.33. The van der Waals surface area contributed by atoms with Crippen LogP contribution in [0.2, 0.25) is 0 Å². The molecule has 14 heavy (non-hydrogen) atoms. The molecular weight excluding hydrogens is 242 g/mol. The van der Waals surface area contributed by atoms with Gasteiger partial charge in [0.2, 0.25) is 0 Å². The van der Waals surface area contributed by atoms with Crippen molar-refractivity contribution in [3.05, 3.63) is 42.4 Å². The number of aromatic nitrogens is 3. The van der Waals surface area contributed by atoms with Crippen molar-refractivity contribution in [2.45, 2.75) is 5.33 Å². The number of hydrogen-bond donors (Lipinski definition) is 0. The number of hydrogen-bond acceptors (Lipinski definition) is 3. The first-order valence-corrected chi connectivity index (χ1v) is 5.30. The smallest absolute Gasteiger partial charge is 0.178 e. The summed E-state index contributed by atoms with van der Waals surface area (Å²) in [5.41, 5.74) is 1.86. The minimum atomic E-state index is 0.662. The predicted octanol–water partition coefficient (Wildman–Crippen LogP) is 2.43. The molecule has 0 aliphatic rings. The van der Waals surface area contributed by atoms with E-state index in [0.717, 1.165) is 16.6 Å². The molecule has 4 heteroatoms. The highest BCUT2D eigenvalue weighted by Crippen LogP contribution is 2.10. The highest BCUT2D eigenvalue weighted by molar-refractivity contribution is 9.08. The molecule has 0 aliphatic carbocycles. The standard InChI is InChI=1S/C10H8BrN3/c11-5-8-6-13-10(14-7-8)9-3-1-2-4-12-9/h1-4,6-7H,5H2. The summed E-state index contributed by atoms with van der Waals surface area (Å²) in [6, 6.07) is 5.68. The largest absolute Gasteiger partial charge is 0.253 e. The van der Waals surface area contributed by atoms with Gasteiger partial charge in [0.25, 0.3) is 0 Å². The second-order valence-electron chi connectivity index (χ2n) is 2.76. The van der Waals surface area contributed by atoms with Crippen molar-refractivity contribution < 1.29 is 0 Å². The van der Waals surface area contributed by atoms with Crippen LogP contribution in [-0.4, -0.2) is 15.0 Å². The monoisotopic (exact) mass is 249 g/mol. The Morgan fingerprint density at radius 1 is 1.07 bits per heavy atom. The zero-order valence-corrected chi connectivity index (χ0v) is 8.98. The molecule has 0 fully saturated rings. The Morgan fingerprint density at radius 2 is 1.86 bits per heavy atom. The molecule has 0 unspecified atom stereocenters. The molecule has 0 aromatic carbocycles. The highest BCUT2D eigenvalue weighted by Gasteiger charge is 2.00. The van der Waals surface area contributed by atoms with Crippen LogP contribution >= 0.6 is 15.9 Å². The summed E-state index contributed by atoms with van der Waals surface area (Å²) in [5, 5.41) is 0.773. The quantitative estimate of drug-likeness (QED) is 0.768. The molecule has 0 N–H and O–H groups in total. The molecule has 2 aromatic rings. The number of rotatable bonds is 2. The van der Waals surface area contributed by atoms with Gasteiger partial charge in [-0.25, -0.2) is 9.97 Å². The first kappa shape index (κ1) is 9.27. The molecule has 0 saturated carbocycles. The second-order valence-corrected chi connectivity index (χ2v) is 3.32. The van der Waals surface area contributed by atoms with Crippen LogP contribution in [0.15, 0.2) is 36.8 Å². The third-order valence-corrected chi connectivity index (χ3v) is 2.40. The van der Waals surface area contributed by atoms with Crippen LogP contribution in [0.1, 0.15) is 5.56 Å². The Balaban J connectivity index is 2.34. The molecular formula is C10H8BrN3. The van der Waals surface area contributed by atoms with Crippen molar-refractivity contribution in [1.82, 2.24) is 15.0 Å². The molecule has 0 aliphatic heterocycles.